The lowest BCUT2D eigenvalue weighted by molar-refractivity contribution is 0.112. The summed E-state index contributed by atoms with van der Waals surface area (Å²) in [5.41, 5.74) is 10.1. The molecule has 7 heteroatoms. The van der Waals surface area contributed by atoms with Crippen molar-refractivity contribution in [3.8, 4) is 0 Å². The van der Waals surface area contributed by atoms with Crippen LogP contribution < -0.4 is 5.73 Å². The van der Waals surface area contributed by atoms with E-state index < -0.39 is 7.12 Å². The molecule has 2 aromatic carbocycles. The number of nitrogens with one attached hydrogen (secondary N) is 2. The van der Waals surface area contributed by atoms with Gasteiger partial charge in [-0.05, 0) is 30.4 Å². The summed E-state index contributed by atoms with van der Waals surface area (Å²) in [6, 6.07) is 16.0. The lowest BCUT2D eigenvalue weighted by Crippen LogP contribution is -2.07. The van der Waals surface area contributed by atoms with E-state index in [0.29, 0.717) is 0 Å². The van der Waals surface area contributed by atoms with E-state index in [1.807, 2.05) is 48.7 Å². The Morgan fingerprint density at radius 3 is 2.06 bits per heavy atom. The van der Waals surface area contributed by atoms with Gasteiger partial charge in [0.05, 0.1) is 0 Å². The molecule has 1 atom stereocenters. The Hall–Kier alpha value is -3.39. The van der Waals surface area contributed by atoms with Crippen LogP contribution in [0, 0.1) is 0 Å². The maximum atomic E-state index is 10.5. The van der Waals surface area contributed by atoms with Crippen LogP contribution in [0.3, 0.4) is 0 Å². The Morgan fingerprint density at radius 2 is 1.52 bits per heavy atom. The second kappa shape index (κ2) is 12.3. The van der Waals surface area contributed by atoms with Crippen molar-refractivity contribution in [1.82, 2.24) is 9.97 Å². The molecule has 31 heavy (non-hydrogen) atoms. The van der Waals surface area contributed by atoms with E-state index in [2.05, 4.69) is 35.3 Å². The van der Waals surface area contributed by atoms with Gasteiger partial charge >= 0.3 is 7.12 Å². The Balaban J connectivity index is 0.000000179. The average Bonchev–Trinajstić information content (AvgIpc) is 3.39. The number of aromatic amines is 2. The molecule has 4 aromatic rings. The van der Waals surface area contributed by atoms with Crippen LogP contribution >= 0.6 is 0 Å². The van der Waals surface area contributed by atoms with Gasteiger partial charge in [-0.2, -0.15) is 0 Å². The van der Waals surface area contributed by atoms with Gasteiger partial charge in [0.2, 0.25) is 0 Å². The number of para-hydroxylation sites is 2. The van der Waals surface area contributed by atoms with Crippen molar-refractivity contribution in [2.75, 3.05) is 0 Å². The molecule has 2 heterocycles. The smallest absolute Gasteiger partial charge is 0.427 e. The molecule has 160 valence electrons. The van der Waals surface area contributed by atoms with Crippen LogP contribution in [-0.2, 0) is 0 Å². The number of allylic oxidation sites excluding steroid dienone is 1. The molecule has 0 amide bonds. The topological polar surface area (TPSA) is 115 Å². The van der Waals surface area contributed by atoms with Crippen molar-refractivity contribution in [2.45, 2.75) is 18.8 Å². The fourth-order valence-corrected chi connectivity index (χ4v) is 3.05. The first-order valence-electron chi connectivity index (χ1n) is 9.92. The molecule has 1 unspecified atom stereocenters. The Morgan fingerprint density at radius 1 is 0.935 bits per heavy atom. The fraction of sp³-hybridized carbons (Fsp3) is 0.125. The zero-order valence-electron chi connectivity index (χ0n) is 17.4. The van der Waals surface area contributed by atoms with E-state index in [4.69, 9.17) is 15.8 Å². The number of hydrogen-bond acceptors (Lipinski definition) is 4. The predicted molar refractivity (Wildman–Crippen MR) is 129 cm³/mol. The average molecular weight is 417 g/mol. The molecule has 0 spiro atoms. The van der Waals surface area contributed by atoms with E-state index in [0.717, 1.165) is 34.7 Å². The Labute approximate surface area is 182 Å². The summed E-state index contributed by atoms with van der Waals surface area (Å²) in [6.45, 7) is 6.98. The van der Waals surface area contributed by atoms with E-state index >= 15 is 0 Å². The highest BCUT2D eigenvalue weighted by Gasteiger charge is 2.09. The highest BCUT2D eigenvalue weighted by molar-refractivity contribution is 6.41. The van der Waals surface area contributed by atoms with Gasteiger partial charge in [-0.1, -0.05) is 48.6 Å². The molecular weight excluding hydrogens is 389 g/mol. The number of aldehydes is 1. The molecule has 0 aliphatic rings. The maximum absolute atomic E-state index is 10.5. The molecule has 0 bridgehead atoms. The second-order valence-corrected chi connectivity index (χ2v) is 6.83. The number of carbonyl (C=O) groups is 1. The maximum Gasteiger partial charge on any atom is 0.455 e. The Bertz CT molecular complexity index is 1120. The van der Waals surface area contributed by atoms with Crippen LogP contribution in [0.1, 0.15) is 28.4 Å². The minimum Gasteiger partial charge on any atom is -0.427 e. The summed E-state index contributed by atoms with van der Waals surface area (Å²) in [4.78, 5) is 16.7. The molecule has 0 saturated heterocycles. The lowest BCUT2D eigenvalue weighted by atomic mass is 9.87. The molecule has 0 aliphatic carbocycles. The van der Waals surface area contributed by atoms with Gasteiger partial charge in [-0.3, -0.25) is 4.79 Å². The largest absolute Gasteiger partial charge is 0.455 e. The van der Waals surface area contributed by atoms with Gasteiger partial charge in [0.25, 0.3) is 0 Å². The van der Waals surface area contributed by atoms with Gasteiger partial charge in [-0.25, -0.2) is 0 Å². The van der Waals surface area contributed by atoms with Crippen molar-refractivity contribution < 1.29 is 14.8 Å². The number of H-pyrrole nitrogens is 2. The van der Waals surface area contributed by atoms with E-state index in [9.17, 15) is 4.79 Å². The van der Waals surface area contributed by atoms with Gasteiger partial charge in [0.1, 0.15) is 0 Å². The quantitative estimate of drug-likeness (QED) is 0.182. The minimum absolute atomic E-state index is 0.0450. The number of benzene rings is 2. The van der Waals surface area contributed by atoms with Crippen LogP contribution in [0.25, 0.3) is 21.8 Å². The van der Waals surface area contributed by atoms with Gasteiger partial charge < -0.3 is 25.7 Å². The summed E-state index contributed by atoms with van der Waals surface area (Å²) in [6.07, 6.45) is 8.92. The third-order valence-electron chi connectivity index (χ3n) is 4.57. The first-order valence-corrected chi connectivity index (χ1v) is 9.92. The van der Waals surface area contributed by atoms with Crippen LogP contribution in [0.4, 0.5) is 0 Å². The summed E-state index contributed by atoms with van der Waals surface area (Å²) < 4.78 is 0. The number of hydrogen-bond donors (Lipinski definition) is 5. The molecule has 0 fully saturated rings. The highest BCUT2D eigenvalue weighted by atomic mass is 16.4. The molecule has 2 aromatic heterocycles. The number of nitrogens with two attached hydrogens (primary N) is 1. The number of aromatic nitrogens is 2. The fourth-order valence-electron chi connectivity index (χ4n) is 3.05. The molecule has 6 N–H and O–H groups in total. The molecule has 6 nitrogen and oxygen atoms in total. The first kappa shape index (κ1) is 23.9. The Kier molecular flexibility index (Phi) is 9.51. The van der Waals surface area contributed by atoms with Gasteiger partial charge in [0, 0.05) is 45.8 Å². The van der Waals surface area contributed by atoms with Crippen molar-refractivity contribution in [2.24, 2.45) is 5.73 Å². The number of rotatable bonds is 6. The second-order valence-electron chi connectivity index (χ2n) is 6.83. The zero-order chi connectivity index (χ0) is 22.6. The lowest BCUT2D eigenvalue weighted by Gasteiger charge is -2.06. The number of fused-ring (bicyclic) bond motifs is 2. The molecule has 4 rings (SSSR count). The standard InChI is InChI=1S/C12H14N2.C9H7NO.C3H7BO2/c1-2-5-11(13)10-8-14-12-7-4-3-6-9(10)12;11-6-7-5-10-9-4-2-1-3-8(7)9;1-2-3-4(5)6/h2-4,6-8,11,14H,1,5,13H2;1-6,10H;2,5-6H,1,3H2. The van der Waals surface area contributed by atoms with E-state index in [1.54, 1.807) is 6.20 Å². The molecule has 0 radical (unpaired) electrons. The SMILES string of the molecule is C=CCB(O)O.C=CCC(N)c1c[nH]c2ccccc12.O=Cc1c[nH]c2ccccc12. The molecule has 0 aliphatic heterocycles. The number of carbonyl (C=O) groups excluding carboxylic acids is 1. The van der Waals surface area contributed by atoms with Crippen LogP contribution in [0.5, 0.6) is 0 Å². The minimum atomic E-state index is -1.22. The molecule has 0 saturated carbocycles. The zero-order valence-corrected chi connectivity index (χ0v) is 17.4. The van der Waals surface area contributed by atoms with Crippen LogP contribution in [-0.4, -0.2) is 33.4 Å². The van der Waals surface area contributed by atoms with Crippen molar-refractivity contribution in [3.63, 3.8) is 0 Å². The third kappa shape index (κ3) is 6.82. The summed E-state index contributed by atoms with van der Waals surface area (Å²) >= 11 is 0. The van der Waals surface area contributed by atoms with E-state index in [-0.39, 0.29) is 12.4 Å². The highest BCUT2D eigenvalue weighted by Crippen LogP contribution is 2.24. The first-order chi connectivity index (χ1) is 15.0. The summed E-state index contributed by atoms with van der Waals surface area (Å²) in [7, 11) is -1.22. The normalized spacial score (nSPS) is 10.9. The third-order valence-corrected chi connectivity index (χ3v) is 4.57. The van der Waals surface area contributed by atoms with E-state index in [1.165, 1.54) is 17.0 Å². The van der Waals surface area contributed by atoms with Crippen LogP contribution in [0.15, 0.2) is 86.2 Å². The molecular formula is C24H28BN3O3. The van der Waals surface area contributed by atoms with Crippen LogP contribution in [0.2, 0.25) is 6.32 Å². The van der Waals surface area contributed by atoms with Crippen molar-refractivity contribution in [1.29, 1.82) is 0 Å². The van der Waals surface area contributed by atoms with Gasteiger partial charge in [-0.15, -0.1) is 13.2 Å². The van der Waals surface area contributed by atoms with Gasteiger partial charge in [0.15, 0.2) is 6.29 Å². The monoisotopic (exact) mass is 417 g/mol. The predicted octanol–water partition coefficient (Wildman–Crippen LogP) is 4.37. The van der Waals surface area contributed by atoms with Crippen molar-refractivity contribution in [3.05, 3.63) is 97.4 Å². The summed E-state index contributed by atoms with van der Waals surface area (Å²) in [5, 5.41) is 18.3. The van der Waals surface area contributed by atoms with Crippen molar-refractivity contribution >= 4 is 35.2 Å². The summed E-state index contributed by atoms with van der Waals surface area (Å²) in [5.74, 6) is 0.